The predicted octanol–water partition coefficient (Wildman–Crippen LogP) is 13.2. The zero-order valence-corrected chi connectivity index (χ0v) is 29.2. The number of fused-ring (bicyclic) bond motifs is 6. The average molecular weight is 684 g/mol. The van der Waals surface area contributed by atoms with Gasteiger partial charge in [0, 0.05) is 39.5 Å². The van der Waals surface area contributed by atoms with Gasteiger partial charge in [0.15, 0.2) is 0 Å². The van der Waals surface area contributed by atoms with Gasteiger partial charge in [-0.1, -0.05) is 128 Å². The van der Waals surface area contributed by atoms with Crippen LogP contribution in [-0.2, 0) is 0 Å². The number of hydrogen-bond donors (Lipinski definition) is 0. The van der Waals surface area contributed by atoms with Crippen LogP contribution >= 0.6 is 11.3 Å². The van der Waals surface area contributed by atoms with E-state index in [4.69, 9.17) is 4.98 Å². The van der Waals surface area contributed by atoms with Gasteiger partial charge in [0.2, 0.25) is 0 Å². The van der Waals surface area contributed by atoms with Crippen LogP contribution in [0.15, 0.2) is 183 Å². The molecule has 52 heavy (non-hydrogen) atoms. The first-order chi connectivity index (χ1) is 25.7. The summed E-state index contributed by atoms with van der Waals surface area (Å²) in [5, 5.41) is 5.84. The summed E-state index contributed by atoms with van der Waals surface area (Å²) >= 11 is 1.75. The molecule has 246 valence electrons. The molecule has 0 saturated heterocycles. The second kappa shape index (κ2) is 12.4. The van der Waals surface area contributed by atoms with E-state index in [2.05, 4.69) is 192 Å². The summed E-state index contributed by atoms with van der Waals surface area (Å²) < 4.78 is 3.64. The molecule has 1 aliphatic rings. The van der Waals surface area contributed by atoms with Gasteiger partial charge in [-0.25, -0.2) is 4.98 Å². The Balaban J connectivity index is 1.21. The number of para-hydroxylation sites is 2. The van der Waals surface area contributed by atoms with E-state index in [1.807, 2.05) is 0 Å². The Hall–Kier alpha value is -6.49. The van der Waals surface area contributed by atoms with E-state index in [1.54, 1.807) is 11.3 Å². The van der Waals surface area contributed by atoms with Crippen molar-refractivity contribution in [2.24, 2.45) is 0 Å². The van der Waals surface area contributed by atoms with Crippen molar-refractivity contribution in [1.82, 2.24) is 9.55 Å². The lowest BCUT2D eigenvalue weighted by molar-refractivity contribution is 1.09. The largest absolute Gasteiger partial charge is 0.337 e. The molecule has 0 N–H and O–H groups in total. The van der Waals surface area contributed by atoms with Crippen molar-refractivity contribution in [1.29, 1.82) is 0 Å². The molecule has 2 aromatic heterocycles. The normalized spacial score (nSPS) is 14.4. The number of rotatable bonds is 4. The fourth-order valence-corrected chi connectivity index (χ4v) is 8.73. The molecule has 0 spiro atoms. The molecule has 0 radical (unpaired) electrons. The van der Waals surface area contributed by atoms with Crippen molar-refractivity contribution >= 4 is 71.1 Å². The first-order valence-corrected chi connectivity index (χ1v) is 18.4. The van der Waals surface area contributed by atoms with Gasteiger partial charge < -0.3 is 9.47 Å². The Kier molecular flexibility index (Phi) is 7.22. The molecule has 0 atom stereocenters. The third kappa shape index (κ3) is 4.99. The molecule has 0 aliphatic carbocycles. The molecule has 10 rings (SSSR count). The summed E-state index contributed by atoms with van der Waals surface area (Å²) in [5.41, 5.74) is 12.4. The highest BCUT2D eigenvalue weighted by Gasteiger charge is 2.22. The number of benzene rings is 7. The molecule has 0 fully saturated rings. The quantitative estimate of drug-likeness (QED) is 0.184. The highest BCUT2D eigenvalue weighted by atomic mass is 32.1. The first-order valence-electron chi connectivity index (χ1n) is 17.6. The van der Waals surface area contributed by atoms with Gasteiger partial charge in [0.1, 0.15) is 5.01 Å². The summed E-state index contributed by atoms with van der Waals surface area (Å²) in [6.07, 6.45) is 8.57. The molecule has 3 nitrogen and oxygen atoms in total. The van der Waals surface area contributed by atoms with Crippen molar-refractivity contribution in [3.8, 4) is 27.4 Å². The van der Waals surface area contributed by atoms with E-state index in [0.717, 1.165) is 56.3 Å². The van der Waals surface area contributed by atoms with Crippen LogP contribution in [0.4, 0.5) is 11.4 Å². The van der Waals surface area contributed by atoms with Gasteiger partial charge in [-0.15, -0.1) is 11.3 Å². The first kappa shape index (κ1) is 30.3. The number of aromatic nitrogens is 2. The van der Waals surface area contributed by atoms with Crippen LogP contribution < -0.4 is 4.90 Å². The van der Waals surface area contributed by atoms with Crippen LogP contribution in [0.2, 0.25) is 0 Å². The van der Waals surface area contributed by atoms with E-state index in [0.29, 0.717) is 0 Å². The third-order valence-electron chi connectivity index (χ3n) is 10.2. The Labute approximate surface area is 306 Å². The van der Waals surface area contributed by atoms with E-state index in [1.165, 1.54) is 42.9 Å². The van der Waals surface area contributed by atoms with Crippen LogP contribution in [-0.4, -0.2) is 16.1 Å². The zero-order valence-electron chi connectivity index (χ0n) is 28.4. The maximum absolute atomic E-state index is 5.05. The van der Waals surface area contributed by atoms with Gasteiger partial charge in [-0.05, 0) is 76.7 Å². The van der Waals surface area contributed by atoms with Gasteiger partial charge in [-0.3, -0.25) is 0 Å². The lowest BCUT2D eigenvalue weighted by atomic mass is 9.99. The van der Waals surface area contributed by atoms with E-state index >= 15 is 0 Å². The standard InChI is InChI=1S/C48H33N3S/c1-32-15-4-3-13-28-50(35-19-14-18-34(29-35)33-16-5-2-6-17-33)45-31-41-38-22-9-11-24-43(38)51(46(41)30-40(32)45)44-27-26-39(36-20-7-8-21-37(36)44)48-49-42-23-10-12-25-47(42)52-48/h2-27,29-31H,1,28H2/b13-3-,15-4-. The number of hydrogen-bond acceptors (Lipinski definition) is 3. The Morgan fingerprint density at radius 3 is 2.21 bits per heavy atom. The summed E-state index contributed by atoms with van der Waals surface area (Å²) in [6.45, 7) is 5.33. The summed E-state index contributed by atoms with van der Waals surface area (Å²) in [7, 11) is 0. The SMILES string of the molecule is C=C1/C=C\C=C/CN(c2cccc(-c3ccccc3)c2)c2cc3c4ccccc4n(-c4ccc(-c5nc6ccccc6s5)c5ccccc45)c3cc21. The lowest BCUT2D eigenvalue weighted by Crippen LogP contribution is -2.18. The number of thiazole rings is 1. The van der Waals surface area contributed by atoms with Crippen LogP contribution in [0.25, 0.3) is 75.8 Å². The van der Waals surface area contributed by atoms with E-state index in [9.17, 15) is 0 Å². The Morgan fingerprint density at radius 2 is 1.33 bits per heavy atom. The minimum absolute atomic E-state index is 0.727. The van der Waals surface area contributed by atoms with Crippen molar-refractivity contribution in [3.63, 3.8) is 0 Å². The maximum Gasteiger partial charge on any atom is 0.125 e. The fraction of sp³-hybridized carbons (Fsp3) is 0.0208. The number of nitrogens with zero attached hydrogens (tertiary/aromatic N) is 3. The molecule has 4 heteroatoms. The molecular formula is C48H33N3S. The van der Waals surface area contributed by atoms with Crippen molar-refractivity contribution < 1.29 is 0 Å². The summed E-state index contributed by atoms with van der Waals surface area (Å²) in [6, 6.07) is 54.6. The Morgan fingerprint density at radius 1 is 0.558 bits per heavy atom. The number of anilines is 2. The van der Waals surface area contributed by atoms with Gasteiger partial charge in [-0.2, -0.15) is 0 Å². The molecule has 7 aromatic carbocycles. The van der Waals surface area contributed by atoms with E-state index in [-0.39, 0.29) is 0 Å². The lowest BCUT2D eigenvalue weighted by Gasteiger charge is -2.27. The zero-order chi connectivity index (χ0) is 34.6. The van der Waals surface area contributed by atoms with Crippen LogP contribution in [0.3, 0.4) is 0 Å². The second-order valence-corrected chi connectivity index (χ2v) is 14.3. The molecule has 3 heterocycles. The predicted molar refractivity (Wildman–Crippen MR) is 223 cm³/mol. The molecule has 9 aromatic rings. The molecule has 1 aliphatic heterocycles. The third-order valence-corrected chi connectivity index (χ3v) is 11.3. The van der Waals surface area contributed by atoms with Crippen molar-refractivity contribution in [2.45, 2.75) is 0 Å². The van der Waals surface area contributed by atoms with Crippen LogP contribution in [0.5, 0.6) is 0 Å². The topological polar surface area (TPSA) is 21.1 Å². The average Bonchev–Trinajstić information content (AvgIpc) is 3.79. The molecule has 0 unspecified atom stereocenters. The minimum Gasteiger partial charge on any atom is -0.337 e. The van der Waals surface area contributed by atoms with Crippen molar-refractivity contribution in [2.75, 3.05) is 11.4 Å². The molecule has 0 bridgehead atoms. The van der Waals surface area contributed by atoms with Gasteiger partial charge in [0.25, 0.3) is 0 Å². The van der Waals surface area contributed by atoms with Crippen LogP contribution in [0, 0.1) is 0 Å². The Bertz CT molecular complexity index is 2870. The van der Waals surface area contributed by atoms with Crippen molar-refractivity contribution in [3.05, 3.63) is 188 Å². The minimum atomic E-state index is 0.727. The second-order valence-electron chi connectivity index (χ2n) is 13.2. The highest BCUT2D eigenvalue weighted by molar-refractivity contribution is 7.21. The number of allylic oxidation sites excluding steroid dienone is 4. The molecule has 0 amide bonds. The highest BCUT2D eigenvalue weighted by Crippen LogP contribution is 2.44. The molecule has 0 saturated carbocycles. The van der Waals surface area contributed by atoms with Crippen LogP contribution in [0.1, 0.15) is 5.56 Å². The van der Waals surface area contributed by atoms with E-state index < -0.39 is 0 Å². The van der Waals surface area contributed by atoms with Gasteiger partial charge in [0.05, 0.1) is 32.6 Å². The molecular weight excluding hydrogens is 651 g/mol. The summed E-state index contributed by atoms with van der Waals surface area (Å²) in [5.74, 6) is 0. The smallest absolute Gasteiger partial charge is 0.125 e. The van der Waals surface area contributed by atoms with Gasteiger partial charge >= 0.3 is 0 Å². The maximum atomic E-state index is 5.05. The summed E-state index contributed by atoms with van der Waals surface area (Å²) in [4.78, 5) is 7.47. The monoisotopic (exact) mass is 683 g/mol. The fourth-order valence-electron chi connectivity index (χ4n) is 7.73.